The molecule has 1 saturated heterocycles. The number of nitrogens with zero attached hydrogens (tertiary/aromatic N) is 3. The van der Waals surface area contributed by atoms with Crippen LogP contribution in [0.4, 0.5) is 0 Å². The van der Waals surface area contributed by atoms with Crippen molar-refractivity contribution < 1.29 is 9.59 Å². The van der Waals surface area contributed by atoms with Crippen LogP contribution in [0, 0.1) is 23.2 Å². The van der Waals surface area contributed by atoms with E-state index in [4.69, 9.17) is 5.26 Å². The van der Waals surface area contributed by atoms with E-state index >= 15 is 0 Å². The molecule has 5 nitrogen and oxygen atoms in total. The first-order valence-electron chi connectivity index (χ1n) is 9.05. The predicted octanol–water partition coefficient (Wildman–Crippen LogP) is 2.55. The molecule has 0 N–H and O–H groups in total. The predicted molar refractivity (Wildman–Crippen MR) is 94.3 cm³/mol. The van der Waals surface area contributed by atoms with Crippen molar-refractivity contribution >= 4 is 11.8 Å². The largest absolute Gasteiger partial charge is 0.340 e. The molecule has 1 aliphatic carbocycles. The van der Waals surface area contributed by atoms with Crippen LogP contribution in [0.1, 0.15) is 43.7 Å². The molecule has 0 radical (unpaired) electrons. The van der Waals surface area contributed by atoms with Crippen LogP contribution >= 0.6 is 0 Å². The minimum atomic E-state index is -0.322. The average Bonchev–Trinajstić information content (AvgIpc) is 3.37. The smallest absolute Gasteiger partial charge is 0.245 e. The van der Waals surface area contributed by atoms with Crippen molar-refractivity contribution in [3.63, 3.8) is 0 Å². The highest BCUT2D eigenvalue weighted by Gasteiger charge is 2.45. The molecule has 1 heterocycles. The first-order valence-corrected chi connectivity index (χ1v) is 9.05. The Bertz CT molecular complexity index is 692. The Balaban J connectivity index is 1.66. The van der Waals surface area contributed by atoms with E-state index < -0.39 is 0 Å². The van der Waals surface area contributed by atoms with E-state index in [1.807, 2.05) is 17.0 Å². The lowest BCUT2D eigenvalue weighted by molar-refractivity contribution is -0.148. The van der Waals surface area contributed by atoms with Gasteiger partial charge in [-0.2, -0.15) is 5.26 Å². The van der Waals surface area contributed by atoms with Crippen LogP contribution in [-0.2, 0) is 16.1 Å². The number of carbonyl (C=O) groups is 2. The minimum Gasteiger partial charge on any atom is -0.340 e. The van der Waals surface area contributed by atoms with Crippen molar-refractivity contribution in [2.75, 3.05) is 13.6 Å². The fourth-order valence-electron chi connectivity index (χ4n) is 3.62. The number of likely N-dealkylation sites (N-methyl/N-ethyl adjacent to an activating group) is 1. The number of carbonyl (C=O) groups excluding carboxylic acids is 2. The van der Waals surface area contributed by atoms with Gasteiger partial charge in [0.25, 0.3) is 0 Å². The Morgan fingerprint density at radius 1 is 1.28 bits per heavy atom. The topological polar surface area (TPSA) is 64.4 Å². The van der Waals surface area contributed by atoms with Crippen molar-refractivity contribution in [1.82, 2.24) is 9.80 Å². The molecule has 3 atom stereocenters. The van der Waals surface area contributed by atoms with Crippen LogP contribution < -0.4 is 0 Å². The number of benzene rings is 1. The summed E-state index contributed by atoms with van der Waals surface area (Å²) >= 11 is 0. The fraction of sp³-hybridized carbons (Fsp3) is 0.550. The second-order valence-corrected chi connectivity index (χ2v) is 7.37. The van der Waals surface area contributed by atoms with E-state index in [-0.39, 0.29) is 23.8 Å². The van der Waals surface area contributed by atoms with Crippen molar-refractivity contribution in [2.24, 2.45) is 11.8 Å². The van der Waals surface area contributed by atoms with E-state index in [0.717, 1.165) is 31.2 Å². The maximum Gasteiger partial charge on any atom is 0.245 e. The van der Waals surface area contributed by atoms with Crippen LogP contribution in [0.15, 0.2) is 24.3 Å². The van der Waals surface area contributed by atoms with Gasteiger partial charge in [0, 0.05) is 26.1 Å². The zero-order valence-corrected chi connectivity index (χ0v) is 14.9. The Morgan fingerprint density at radius 3 is 2.56 bits per heavy atom. The zero-order valence-electron chi connectivity index (χ0n) is 14.9. The standard InChI is InChI=1S/C20H25N3O2/c1-14-11-17(14)19(24)23-10-4-3-5-18(23)20(25)22(2)13-16-8-6-15(12-21)7-9-16/h6-9,14,17-18H,3-5,10-11,13H2,1-2H3/t14-,17-,18-/m1/s1. The molecule has 0 bridgehead atoms. The summed E-state index contributed by atoms with van der Waals surface area (Å²) < 4.78 is 0. The molecule has 0 unspecified atom stereocenters. The molecule has 5 heteroatoms. The Morgan fingerprint density at radius 2 is 1.96 bits per heavy atom. The summed E-state index contributed by atoms with van der Waals surface area (Å²) in [7, 11) is 1.79. The van der Waals surface area contributed by atoms with Gasteiger partial charge in [0.1, 0.15) is 6.04 Å². The number of amides is 2. The number of piperidine rings is 1. The van der Waals surface area contributed by atoms with E-state index in [1.165, 1.54) is 0 Å². The molecule has 0 aromatic heterocycles. The van der Waals surface area contributed by atoms with Crippen LogP contribution in [0.25, 0.3) is 0 Å². The molecule has 3 rings (SSSR count). The zero-order chi connectivity index (χ0) is 18.0. The first kappa shape index (κ1) is 17.5. The Hall–Kier alpha value is -2.35. The first-order chi connectivity index (χ1) is 12.0. The van der Waals surface area contributed by atoms with Crippen molar-refractivity contribution in [3.8, 4) is 6.07 Å². The molecule has 1 aromatic rings. The number of hydrogen-bond donors (Lipinski definition) is 0. The summed E-state index contributed by atoms with van der Waals surface area (Å²) in [5.74, 6) is 0.766. The van der Waals surface area contributed by atoms with Crippen LogP contribution in [0.3, 0.4) is 0 Å². The highest BCUT2D eigenvalue weighted by molar-refractivity contribution is 5.89. The molecule has 2 amide bonds. The third-order valence-corrected chi connectivity index (χ3v) is 5.38. The third kappa shape index (κ3) is 3.84. The summed E-state index contributed by atoms with van der Waals surface area (Å²) in [6.45, 7) is 3.28. The number of rotatable bonds is 4. The van der Waals surface area contributed by atoms with E-state index in [2.05, 4.69) is 13.0 Å². The summed E-state index contributed by atoms with van der Waals surface area (Å²) in [5.41, 5.74) is 1.60. The quantitative estimate of drug-likeness (QED) is 0.847. The lowest BCUT2D eigenvalue weighted by Crippen LogP contribution is -2.52. The van der Waals surface area contributed by atoms with Gasteiger partial charge < -0.3 is 9.80 Å². The van der Waals surface area contributed by atoms with Gasteiger partial charge in [0.15, 0.2) is 0 Å². The Kier molecular flexibility index (Phi) is 5.08. The monoisotopic (exact) mass is 339 g/mol. The molecular formula is C20H25N3O2. The second kappa shape index (κ2) is 7.26. The lowest BCUT2D eigenvalue weighted by Gasteiger charge is -2.37. The van der Waals surface area contributed by atoms with Crippen LogP contribution in [0.2, 0.25) is 0 Å². The van der Waals surface area contributed by atoms with Gasteiger partial charge in [-0.3, -0.25) is 9.59 Å². The lowest BCUT2D eigenvalue weighted by atomic mass is 9.99. The molecule has 2 fully saturated rings. The molecule has 2 aliphatic rings. The third-order valence-electron chi connectivity index (χ3n) is 5.38. The van der Waals surface area contributed by atoms with Crippen molar-refractivity contribution in [1.29, 1.82) is 5.26 Å². The molecule has 0 spiro atoms. The Labute approximate surface area is 149 Å². The molecule has 1 aromatic carbocycles. The SMILES string of the molecule is C[C@@H]1C[C@H]1C(=O)N1CCCC[C@@H]1C(=O)N(C)Cc1ccc(C#N)cc1. The van der Waals surface area contributed by atoms with Gasteiger partial charge >= 0.3 is 0 Å². The van der Waals surface area contributed by atoms with Crippen LogP contribution in [0.5, 0.6) is 0 Å². The van der Waals surface area contributed by atoms with E-state index in [9.17, 15) is 9.59 Å². The molecular weight excluding hydrogens is 314 g/mol. The average molecular weight is 339 g/mol. The molecule has 1 aliphatic heterocycles. The van der Waals surface area contributed by atoms with Gasteiger partial charge in [-0.15, -0.1) is 0 Å². The second-order valence-electron chi connectivity index (χ2n) is 7.37. The molecule has 132 valence electrons. The van der Waals surface area contributed by atoms with Gasteiger partial charge in [0.2, 0.25) is 11.8 Å². The number of nitriles is 1. The van der Waals surface area contributed by atoms with Gasteiger partial charge in [-0.1, -0.05) is 19.1 Å². The summed E-state index contributed by atoms with van der Waals surface area (Å²) in [6, 6.07) is 9.04. The van der Waals surface area contributed by atoms with Gasteiger partial charge in [-0.25, -0.2) is 0 Å². The highest BCUT2D eigenvalue weighted by atomic mass is 16.2. The highest BCUT2D eigenvalue weighted by Crippen LogP contribution is 2.40. The van der Waals surface area contributed by atoms with Crippen molar-refractivity contribution in [3.05, 3.63) is 35.4 Å². The minimum absolute atomic E-state index is 0.0192. The normalized spacial score (nSPS) is 25.2. The molecule has 1 saturated carbocycles. The van der Waals surface area contributed by atoms with E-state index in [0.29, 0.717) is 24.6 Å². The molecule has 25 heavy (non-hydrogen) atoms. The summed E-state index contributed by atoms with van der Waals surface area (Å²) in [4.78, 5) is 29.1. The van der Waals surface area contributed by atoms with E-state index in [1.54, 1.807) is 24.1 Å². The summed E-state index contributed by atoms with van der Waals surface area (Å²) in [5, 5.41) is 8.87. The maximum absolute atomic E-state index is 12.9. The van der Waals surface area contributed by atoms with Crippen LogP contribution in [-0.4, -0.2) is 41.2 Å². The van der Waals surface area contributed by atoms with Gasteiger partial charge in [-0.05, 0) is 49.3 Å². The van der Waals surface area contributed by atoms with Gasteiger partial charge in [0.05, 0.1) is 11.6 Å². The summed E-state index contributed by atoms with van der Waals surface area (Å²) in [6.07, 6.45) is 3.68. The van der Waals surface area contributed by atoms with Crippen molar-refractivity contribution in [2.45, 2.75) is 45.2 Å². The maximum atomic E-state index is 12.9. The fourth-order valence-corrected chi connectivity index (χ4v) is 3.62. The number of likely N-dealkylation sites (tertiary alicyclic amines) is 1. The number of hydrogen-bond acceptors (Lipinski definition) is 3.